The third-order valence-electron chi connectivity index (χ3n) is 4.66. The standard InChI is InChI=1S/C21H21N3O2/c25-21-23(13-14-26-21)11-12-24-16-22-20(18-9-5-2-6-10-18)19(24)15-17-7-3-1-4-8-17/h1-10,16H,11-15H2. The van der Waals surface area contributed by atoms with Gasteiger partial charge in [0.2, 0.25) is 0 Å². The van der Waals surface area contributed by atoms with Crippen molar-refractivity contribution in [3.63, 3.8) is 0 Å². The number of cyclic esters (lactones) is 1. The first-order valence-corrected chi connectivity index (χ1v) is 8.86. The molecule has 0 unspecified atom stereocenters. The van der Waals surface area contributed by atoms with Crippen molar-refractivity contribution in [2.75, 3.05) is 19.7 Å². The van der Waals surface area contributed by atoms with E-state index in [0.717, 1.165) is 23.4 Å². The summed E-state index contributed by atoms with van der Waals surface area (Å²) < 4.78 is 7.17. The molecule has 1 aliphatic heterocycles. The number of aromatic nitrogens is 2. The quantitative estimate of drug-likeness (QED) is 0.684. The second-order valence-corrected chi connectivity index (χ2v) is 6.36. The van der Waals surface area contributed by atoms with Gasteiger partial charge in [0.25, 0.3) is 0 Å². The van der Waals surface area contributed by atoms with Crippen LogP contribution >= 0.6 is 0 Å². The summed E-state index contributed by atoms with van der Waals surface area (Å²) in [6.07, 6.45) is 2.45. The summed E-state index contributed by atoms with van der Waals surface area (Å²) in [5, 5.41) is 0. The van der Waals surface area contributed by atoms with Crippen molar-refractivity contribution in [2.45, 2.75) is 13.0 Å². The van der Waals surface area contributed by atoms with Gasteiger partial charge in [0.1, 0.15) is 6.61 Å². The van der Waals surface area contributed by atoms with E-state index in [1.54, 1.807) is 4.90 Å². The monoisotopic (exact) mass is 347 g/mol. The number of hydrogen-bond donors (Lipinski definition) is 0. The fourth-order valence-electron chi connectivity index (χ4n) is 3.27. The molecular formula is C21H21N3O2. The van der Waals surface area contributed by atoms with Crippen molar-refractivity contribution in [1.29, 1.82) is 0 Å². The van der Waals surface area contributed by atoms with Crippen molar-refractivity contribution in [3.8, 4) is 11.3 Å². The average Bonchev–Trinajstić information content (AvgIpc) is 3.27. The molecule has 0 spiro atoms. The van der Waals surface area contributed by atoms with E-state index in [1.165, 1.54) is 5.56 Å². The average molecular weight is 347 g/mol. The number of imidazole rings is 1. The normalized spacial score (nSPS) is 13.8. The van der Waals surface area contributed by atoms with E-state index in [-0.39, 0.29) is 6.09 Å². The lowest BCUT2D eigenvalue weighted by Crippen LogP contribution is -2.28. The molecule has 1 aromatic heterocycles. The molecule has 4 rings (SSSR count). The van der Waals surface area contributed by atoms with Crippen LogP contribution in [0, 0.1) is 0 Å². The molecule has 5 heteroatoms. The van der Waals surface area contributed by atoms with Crippen LogP contribution in [0.15, 0.2) is 67.0 Å². The van der Waals surface area contributed by atoms with Gasteiger partial charge < -0.3 is 14.2 Å². The van der Waals surface area contributed by atoms with Gasteiger partial charge in [0.15, 0.2) is 0 Å². The Bertz CT molecular complexity index is 875. The van der Waals surface area contributed by atoms with Crippen molar-refractivity contribution >= 4 is 6.09 Å². The Labute approximate surface area is 152 Å². The van der Waals surface area contributed by atoms with Gasteiger partial charge in [-0.05, 0) is 5.56 Å². The number of benzene rings is 2. The molecule has 0 N–H and O–H groups in total. The fourth-order valence-corrected chi connectivity index (χ4v) is 3.27. The Morgan fingerprint density at radius 1 is 0.962 bits per heavy atom. The minimum atomic E-state index is -0.224. The summed E-state index contributed by atoms with van der Waals surface area (Å²) in [5.74, 6) is 0. The van der Waals surface area contributed by atoms with Crippen LogP contribution in [0.25, 0.3) is 11.3 Å². The minimum absolute atomic E-state index is 0.224. The van der Waals surface area contributed by atoms with Gasteiger partial charge in [-0.2, -0.15) is 0 Å². The molecule has 0 radical (unpaired) electrons. The zero-order chi connectivity index (χ0) is 17.8. The second-order valence-electron chi connectivity index (χ2n) is 6.36. The van der Waals surface area contributed by atoms with Crippen molar-refractivity contribution in [2.24, 2.45) is 0 Å². The number of carbonyl (C=O) groups is 1. The second kappa shape index (κ2) is 7.44. The first-order valence-electron chi connectivity index (χ1n) is 8.86. The molecule has 3 aromatic rings. The molecule has 1 fully saturated rings. The highest BCUT2D eigenvalue weighted by molar-refractivity contribution is 5.69. The third-order valence-corrected chi connectivity index (χ3v) is 4.66. The topological polar surface area (TPSA) is 47.4 Å². The molecule has 1 aliphatic rings. The lowest BCUT2D eigenvalue weighted by atomic mass is 10.0. The Morgan fingerprint density at radius 3 is 2.38 bits per heavy atom. The van der Waals surface area contributed by atoms with Crippen LogP contribution < -0.4 is 0 Å². The lowest BCUT2D eigenvalue weighted by Gasteiger charge is -2.15. The molecule has 5 nitrogen and oxygen atoms in total. The molecule has 0 atom stereocenters. The van der Waals surface area contributed by atoms with Gasteiger partial charge in [0, 0.05) is 30.8 Å². The van der Waals surface area contributed by atoms with E-state index in [2.05, 4.69) is 45.9 Å². The number of carbonyl (C=O) groups excluding carboxylic acids is 1. The van der Waals surface area contributed by atoms with E-state index in [0.29, 0.717) is 26.2 Å². The predicted octanol–water partition coefficient (Wildman–Crippen LogP) is 3.59. The first-order chi connectivity index (χ1) is 12.8. The molecule has 1 saturated heterocycles. The minimum Gasteiger partial charge on any atom is -0.448 e. The maximum atomic E-state index is 11.7. The van der Waals surface area contributed by atoms with Crippen LogP contribution in [-0.4, -0.2) is 40.2 Å². The van der Waals surface area contributed by atoms with Crippen LogP contribution in [0.2, 0.25) is 0 Å². The smallest absolute Gasteiger partial charge is 0.410 e. The number of amides is 1. The van der Waals surface area contributed by atoms with Crippen LogP contribution in [0.1, 0.15) is 11.3 Å². The Kier molecular flexibility index (Phi) is 4.69. The van der Waals surface area contributed by atoms with Crippen molar-refractivity contribution in [1.82, 2.24) is 14.5 Å². The molecule has 1 amide bonds. The van der Waals surface area contributed by atoms with Gasteiger partial charge in [-0.15, -0.1) is 0 Å². The van der Waals surface area contributed by atoms with Crippen LogP contribution in [-0.2, 0) is 17.7 Å². The lowest BCUT2D eigenvalue weighted by molar-refractivity contribution is 0.157. The predicted molar refractivity (Wildman–Crippen MR) is 99.8 cm³/mol. The van der Waals surface area contributed by atoms with Crippen molar-refractivity contribution < 1.29 is 9.53 Å². The number of rotatable bonds is 6. The molecule has 2 heterocycles. The van der Waals surface area contributed by atoms with Crippen LogP contribution in [0.4, 0.5) is 4.79 Å². The fraction of sp³-hybridized carbons (Fsp3) is 0.238. The van der Waals surface area contributed by atoms with E-state index in [4.69, 9.17) is 4.74 Å². The highest BCUT2D eigenvalue weighted by Gasteiger charge is 2.22. The summed E-state index contributed by atoms with van der Waals surface area (Å²) in [5.41, 5.74) is 4.51. The molecule has 0 saturated carbocycles. The first kappa shape index (κ1) is 16.4. The molecular weight excluding hydrogens is 326 g/mol. The van der Waals surface area contributed by atoms with Gasteiger partial charge >= 0.3 is 6.09 Å². The van der Waals surface area contributed by atoms with Crippen LogP contribution in [0.3, 0.4) is 0 Å². The highest BCUT2D eigenvalue weighted by Crippen LogP contribution is 2.24. The number of ether oxygens (including phenoxy) is 1. The molecule has 26 heavy (non-hydrogen) atoms. The SMILES string of the molecule is O=C1OCCN1CCn1cnc(-c2ccccc2)c1Cc1ccccc1. The van der Waals surface area contributed by atoms with Gasteiger partial charge in [-0.1, -0.05) is 60.7 Å². The Hall–Kier alpha value is -3.08. The summed E-state index contributed by atoms with van der Waals surface area (Å²) in [7, 11) is 0. The molecule has 2 aromatic carbocycles. The largest absolute Gasteiger partial charge is 0.448 e. The summed E-state index contributed by atoms with van der Waals surface area (Å²) in [6, 6.07) is 20.6. The number of nitrogens with zero attached hydrogens (tertiary/aromatic N) is 3. The molecule has 0 aliphatic carbocycles. The summed E-state index contributed by atoms with van der Waals surface area (Å²) in [4.78, 5) is 18.1. The Balaban J connectivity index is 1.62. The zero-order valence-corrected chi connectivity index (χ0v) is 14.5. The van der Waals surface area contributed by atoms with E-state index in [9.17, 15) is 4.79 Å². The van der Waals surface area contributed by atoms with E-state index in [1.807, 2.05) is 30.6 Å². The van der Waals surface area contributed by atoms with Gasteiger partial charge in [0.05, 0.1) is 18.6 Å². The van der Waals surface area contributed by atoms with Crippen LogP contribution in [0.5, 0.6) is 0 Å². The third kappa shape index (κ3) is 3.47. The van der Waals surface area contributed by atoms with Crippen molar-refractivity contribution in [3.05, 3.63) is 78.2 Å². The maximum Gasteiger partial charge on any atom is 0.410 e. The summed E-state index contributed by atoms with van der Waals surface area (Å²) in [6.45, 7) is 2.48. The van der Waals surface area contributed by atoms with Gasteiger partial charge in [-0.3, -0.25) is 0 Å². The zero-order valence-electron chi connectivity index (χ0n) is 14.5. The molecule has 132 valence electrons. The maximum absolute atomic E-state index is 11.7. The van der Waals surface area contributed by atoms with Gasteiger partial charge in [-0.25, -0.2) is 9.78 Å². The Morgan fingerprint density at radius 2 is 1.69 bits per heavy atom. The summed E-state index contributed by atoms with van der Waals surface area (Å²) >= 11 is 0. The number of hydrogen-bond acceptors (Lipinski definition) is 3. The van der Waals surface area contributed by atoms with E-state index < -0.39 is 0 Å². The molecule has 0 bridgehead atoms. The van der Waals surface area contributed by atoms with E-state index >= 15 is 0 Å². The highest BCUT2D eigenvalue weighted by atomic mass is 16.6.